The molecule has 0 spiro atoms. The summed E-state index contributed by atoms with van der Waals surface area (Å²) in [7, 11) is 0. The number of benzene rings is 4. The Morgan fingerprint density at radius 1 is 0.611 bits per heavy atom. The Morgan fingerprint density at radius 3 is 1.37 bits per heavy atom. The zero-order valence-electron chi connectivity index (χ0n) is 32.4. The van der Waals surface area contributed by atoms with Gasteiger partial charge in [0.15, 0.2) is 0 Å². The Kier molecular flexibility index (Phi) is 15.8. The van der Waals surface area contributed by atoms with Gasteiger partial charge in [0.2, 0.25) is 0 Å². The van der Waals surface area contributed by atoms with E-state index in [-0.39, 0.29) is 26.4 Å². The van der Waals surface area contributed by atoms with Gasteiger partial charge in [0.05, 0.1) is 33.0 Å². The highest BCUT2D eigenvalue weighted by atomic mass is 16.5. The van der Waals surface area contributed by atoms with Crippen molar-refractivity contribution in [3.8, 4) is 39.1 Å². The Bertz CT molecular complexity index is 1800. The second kappa shape index (κ2) is 20.5. The van der Waals surface area contributed by atoms with Crippen LogP contribution >= 0.6 is 0 Å². The van der Waals surface area contributed by atoms with Crippen LogP contribution in [0.1, 0.15) is 69.6 Å². The highest BCUT2D eigenvalue weighted by molar-refractivity contribution is 5.87. The predicted octanol–water partition coefficient (Wildman–Crippen LogP) is 9.64. The zero-order valence-corrected chi connectivity index (χ0v) is 32.4. The lowest BCUT2D eigenvalue weighted by Gasteiger charge is -2.30. The Balaban J connectivity index is 1.65. The number of aliphatic hydroxyl groups is 2. The molecular formula is C47H56O7. The minimum absolute atomic E-state index is 0.131. The normalized spacial score (nSPS) is 11.2. The number of hydrogen-bond acceptors (Lipinski definition) is 7. The van der Waals surface area contributed by atoms with Crippen LogP contribution in [0.15, 0.2) is 109 Å². The molecule has 0 radical (unpaired) electrons. The molecular weight excluding hydrogens is 677 g/mol. The van der Waals surface area contributed by atoms with E-state index in [1.807, 2.05) is 6.92 Å². The Morgan fingerprint density at radius 2 is 1.00 bits per heavy atom. The van der Waals surface area contributed by atoms with E-state index in [4.69, 9.17) is 14.2 Å². The lowest BCUT2D eigenvalue weighted by molar-refractivity contribution is -0.139. The summed E-state index contributed by atoms with van der Waals surface area (Å²) in [6, 6.07) is 29.9. The highest BCUT2D eigenvalue weighted by Gasteiger charge is 2.28. The lowest BCUT2D eigenvalue weighted by atomic mass is 9.82. The SMILES string of the molecule is C=C(C)C(=O)OCCCc1cc(-c2ccc(-c3ccc(-c4ccc(C)cc4)cc3)cc2)cc(CCCOC(=O)C(=C)C)c1OCCC(CO)(CO)CCC. The molecule has 0 fully saturated rings. The first-order valence-electron chi connectivity index (χ1n) is 18.9. The smallest absolute Gasteiger partial charge is 0.333 e. The van der Waals surface area contributed by atoms with Gasteiger partial charge in [0.25, 0.3) is 0 Å². The van der Waals surface area contributed by atoms with E-state index < -0.39 is 17.4 Å². The van der Waals surface area contributed by atoms with Crippen LogP contribution in [0, 0.1) is 12.3 Å². The van der Waals surface area contributed by atoms with Gasteiger partial charge in [0, 0.05) is 16.6 Å². The quantitative estimate of drug-likeness (QED) is 0.0500. The van der Waals surface area contributed by atoms with Gasteiger partial charge in [-0.05, 0) is 116 Å². The van der Waals surface area contributed by atoms with Gasteiger partial charge in [0.1, 0.15) is 5.75 Å². The van der Waals surface area contributed by atoms with Crippen molar-refractivity contribution in [3.63, 3.8) is 0 Å². The number of esters is 2. The van der Waals surface area contributed by atoms with Gasteiger partial charge >= 0.3 is 11.9 Å². The summed E-state index contributed by atoms with van der Waals surface area (Å²) in [5.41, 5.74) is 9.86. The number of ether oxygens (including phenoxy) is 3. The summed E-state index contributed by atoms with van der Waals surface area (Å²) in [5, 5.41) is 20.4. The highest BCUT2D eigenvalue weighted by Crippen LogP contribution is 2.36. The molecule has 0 heterocycles. The van der Waals surface area contributed by atoms with Gasteiger partial charge < -0.3 is 24.4 Å². The number of aliphatic hydroxyl groups excluding tert-OH is 2. The van der Waals surface area contributed by atoms with Crippen LogP contribution in [0.5, 0.6) is 5.75 Å². The summed E-state index contributed by atoms with van der Waals surface area (Å²) in [5.74, 6) is -0.117. The predicted molar refractivity (Wildman–Crippen MR) is 217 cm³/mol. The van der Waals surface area contributed by atoms with Gasteiger partial charge in [-0.3, -0.25) is 0 Å². The first-order chi connectivity index (χ1) is 26.0. The van der Waals surface area contributed by atoms with Crippen molar-refractivity contribution in [2.45, 2.75) is 72.6 Å². The number of carbonyl (C=O) groups is 2. The average molecular weight is 733 g/mol. The maximum absolute atomic E-state index is 12.1. The van der Waals surface area contributed by atoms with E-state index in [0.29, 0.717) is 56.3 Å². The zero-order chi connectivity index (χ0) is 39.1. The molecule has 286 valence electrons. The molecule has 0 aliphatic heterocycles. The third kappa shape index (κ3) is 11.8. The third-order valence-corrected chi connectivity index (χ3v) is 9.74. The second-order valence-corrected chi connectivity index (χ2v) is 14.3. The van der Waals surface area contributed by atoms with Crippen LogP contribution in [0.3, 0.4) is 0 Å². The molecule has 54 heavy (non-hydrogen) atoms. The fourth-order valence-corrected chi connectivity index (χ4v) is 6.43. The molecule has 0 saturated carbocycles. The van der Waals surface area contributed by atoms with Crippen molar-refractivity contribution >= 4 is 11.9 Å². The Hall–Kier alpha value is -4.98. The van der Waals surface area contributed by atoms with Gasteiger partial charge in [-0.15, -0.1) is 0 Å². The minimum atomic E-state index is -0.634. The molecule has 0 aliphatic carbocycles. The molecule has 2 N–H and O–H groups in total. The van der Waals surface area contributed by atoms with E-state index in [2.05, 4.69) is 105 Å². The first-order valence-corrected chi connectivity index (χ1v) is 18.9. The van der Waals surface area contributed by atoms with Crippen LogP contribution < -0.4 is 4.74 Å². The van der Waals surface area contributed by atoms with Crippen LogP contribution in [-0.4, -0.2) is 55.2 Å². The minimum Gasteiger partial charge on any atom is -0.493 e. The fraction of sp³-hybridized carbons (Fsp3) is 0.362. The van der Waals surface area contributed by atoms with E-state index in [9.17, 15) is 19.8 Å². The van der Waals surface area contributed by atoms with Crippen molar-refractivity contribution < 1.29 is 34.0 Å². The maximum atomic E-state index is 12.1. The standard InChI is InChI=1S/C47H56O7/c1-7-24-47(31-48,32-49)25-28-52-44-41(10-8-26-53-45(50)33(2)3)29-43(30-42(44)11-9-27-54-46(51)34(4)5)40-22-20-39(21-23-40)38-18-16-37(17-19-38)36-14-12-35(6)13-15-36/h12-23,29-30,48-49H,2,4,7-11,24-28,31-32H2,1,3,5-6H3. The lowest BCUT2D eigenvalue weighted by Crippen LogP contribution is -2.31. The molecule has 0 aromatic heterocycles. The molecule has 0 bridgehead atoms. The topological polar surface area (TPSA) is 102 Å². The Labute approximate surface area is 321 Å². The second-order valence-electron chi connectivity index (χ2n) is 14.3. The van der Waals surface area contributed by atoms with Crippen molar-refractivity contribution in [3.05, 3.63) is 126 Å². The van der Waals surface area contributed by atoms with E-state index in [1.165, 1.54) is 16.7 Å². The van der Waals surface area contributed by atoms with Gasteiger partial charge in [-0.2, -0.15) is 0 Å². The van der Waals surface area contributed by atoms with Crippen molar-refractivity contribution in [2.75, 3.05) is 33.0 Å². The molecule has 4 rings (SSSR count). The first kappa shape index (κ1) is 41.8. The average Bonchev–Trinajstić information content (AvgIpc) is 3.18. The summed E-state index contributed by atoms with van der Waals surface area (Å²) in [6.45, 7) is 15.2. The molecule has 0 atom stereocenters. The van der Waals surface area contributed by atoms with Crippen LogP contribution in [0.4, 0.5) is 0 Å². The fourth-order valence-electron chi connectivity index (χ4n) is 6.43. The number of rotatable bonds is 21. The molecule has 0 saturated heterocycles. The monoisotopic (exact) mass is 732 g/mol. The molecule has 0 unspecified atom stereocenters. The van der Waals surface area contributed by atoms with Gasteiger partial charge in [-0.1, -0.05) is 105 Å². The molecule has 0 aliphatic rings. The number of aryl methyl sites for hydroxylation is 3. The molecule has 0 amide bonds. The van der Waals surface area contributed by atoms with E-state index in [1.54, 1.807) is 13.8 Å². The third-order valence-electron chi connectivity index (χ3n) is 9.74. The number of carbonyl (C=O) groups excluding carboxylic acids is 2. The van der Waals surface area contributed by atoms with Crippen LogP contribution in [-0.2, 0) is 31.9 Å². The maximum Gasteiger partial charge on any atom is 0.333 e. The van der Waals surface area contributed by atoms with Crippen molar-refractivity contribution in [1.82, 2.24) is 0 Å². The summed E-state index contributed by atoms with van der Waals surface area (Å²) >= 11 is 0. The molecule has 7 nitrogen and oxygen atoms in total. The van der Waals surface area contributed by atoms with Crippen LogP contribution in [0.25, 0.3) is 33.4 Å². The van der Waals surface area contributed by atoms with E-state index in [0.717, 1.165) is 45.6 Å². The summed E-state index contributed by atoms with van der Waals surface area (Å²) in [4.78, 5) is 24.2. The van der Waals surface area contributed by atoms with Crippen molar-refractivity contribution in [2.24, 2.45) is 5.41 Å². The van der Waals surface area contributed by atoms with E-state index >= 15 is 0 Å². The van der Waals surface area contributed by atoms with Crippen LogP contribution in [0.2, 0.25) is 0 Å². The largest absolute Gasteiger partial charge is 0.493 e. The summed E-state index contributed by atoms with van der Waals surface area (Å²) in [6.07, 6.45) is 4.28. The van der Waals surface area contributed by atoms with Gasteiger partial charge in [-0.25, -0.2) is 9.59 Å². The number of hydrogen-bond donors (Lipinski definition) is 2. The molecule has 4 aromatic rings. The molecule has 4 aromatic carbocycles. The molecule has 7 heteroatoms. The van der Waals surface area contributed by atoms with Crippen molar-refractivity contribution in [1.29, 1.82) is 0 Å². The summed E-state index contributed by atoms with van der Waals surface area (Å²) < 4.78 is 17.4.